The average molecular weight is 271 g/mol. The molecule has 0 saturated carbocycles. The summed E-state index contributed by atoms with van der Waals surface area (Å²) in [4.78, 5) is 11.2. The fraction of sp³-hybridized carbons (Fsp3) is 0.364. The molecule has 1 rings (SSSR count). The predicted molar refractivity (Wildman–Crippen MR) is 69.5 cm³/mol. The molecule has 0 radical (unpaired) electrons. The summed E-state index contributed by atoms with van der Waals surface area (Å²) in [5.41, 5.74) is 6.69. The number of nitrogens with one attached hydrogen (secondary N) is 2. The van der Waals surface area contributed by atoms with Gasteiger partial charge < -0.3 is 11.1 Å². The molecule has 0 fully saturated rings. The van der Waals surface area contributed by atoms with Gasteiger partial charge in [-0.1, -0.05) is 6.07 Å². The molecule has 0 bridgehead atoms. The molecule has 0 aliphatic carbocycles. The van der Waals surface area contributed by atoms with Gasteiger partial charge in [-0.2, -0.15) is 0 Å². The molecular formula is C11H17N3O3S. The Hall–Kier alpha value is -1.60. The van der Waals surface area contributed by atoms with E-state index in [1.165, 1.54) is 6.07 Å². The molecule has 0 atom stereocenters. The van der Waals surface area contributed by atoms with E-state index in [1.807, 2.05) is 6.92 Å². The molecule has 1 amide bonds. The summed E-state index contributed by atoms with van der Waals surface area (Å²) in [6, 6.07) is 4.64. The highest BCUT2D eigenvalue weighted by atomic mass is 32.2. The van der Waals surface area contributed by atoms with Gasteiger partial charge in [-0.15, -0.1) is 0 Å². The third-order valence-electron chi connectivity index (χ3n) is 2.25. The highest BCUT2D eigenvalue weighted by Crippen LogP contribution is 2.18. The SMILES string of the molecule is CCNC(=O)CNS(=O)(=O)c1ccc(C)cc1N. The van der Waals surface area contributed by atoms with Gasteiger partial charge in [-0.3, -0.25) is 4.79 Å². The number of nitrogens with two attached hydrogens (primary N) is 1. The number of benzene rings is 1. The van der Waals surface area contributed by atoms with Crippen molar-refractivity contribution in [1.82, 2.24) is 10.0 Å². The maximum absolute atomic E-state index is 11.9. The van der Waals surface area contributed by atoms with Gasteiger partial charge in [-0.05, 0) is 31.5 Å². The first-order valence-electron chi connectivity index (χ1n) is 5.49. The van der Waals surface area contributed by atoms with Gasteiger partial charge in [0.2, 0.25) is 15.9 Å². The van der Waals surface area contributed by atoms with Crippen molar-refractivity contribution in [3.8, 4) is 0 Å². The van der Waals surface area contributed by atoms with E-state index in [1.54, 1.807) is 19.1 Å². The van der Waals surface area contributed by atoms with E-state index in [4.69, 9.17) is 5.73 Å². The topological polar surface area (TPSA) is 101 Å². The lowest BCUT2D eigenvalue weighted by molar-refractivity contribution is -0.119. The molecule has 100 valence electrons. The van der Waals surface area contributed by atoms with Gasteiger partial charge in [0.05, 0.1) is 12.2 Å². The number of likely N-dealkylation sites (N-methyl/N-ethyl adjacent to an activating group) is 1. The second-order valence-electron chi connectivity index (χ2n) is 3.82. The Labute approximate surface area is 107 Å². The van der Waals surface area contributed by atoms with Gasteiger partial charge in [0.1, 0.15) is 4.90 Å². The van der Waals surface area contributed by atoms with Gasteiger partial charge in [-0.25, -0.2) is 13.1 Å². The molecule has 0 aromatic heterocycles. The molecule has 0 aliphatic heterocycles. The van der Waals surface area contributed by atoms with Crippen LogP contribution in [-0.4, -0.2) is 27.4 Å². The van der Waals surface area contributed by atoms with E-state index in [-0.39, 0.29) is 23.0 Å². The van der Waals surface area contributed by atoms with Crippen LogP contribution in [-0.2, 0) is 14.8 Å². The van der Waals surface area contributed by atoms with Crippen LogP contribution in [0.15, 0.2) is 23.1 Å². The van der Waals surface area contributed by atoms with E-state index >= 15 is 0 Å². The average Bonchev–Trinajstić information content (AvgIpc) is 2.26. The van der Waals surface area contributed by atoms with E-state index < -0.39 is 10.0 Å². The quantitative estimate of drug-likeness (QED) is 0.656. The van der Waals surface area contributed by atoms with Crippen LogP contribution in [0.3, 0.4) is 0 Å². The van der Waals surface area contributed by atoms with Crippen LogP contribution in [0, 0.1) is 6.92 Å². The van der Waals surface area contributed by atoms with Crippen molar-refractivity contribution in [2.24, 2.45) is 0 Å². The van der Waals surface area contributed by atoms with Crippen LogP contribution in [0.4, 0.5) is 5.69 Å². The van der Waals surface area contributed by atoms with Crippen molar-refractivity contribution in [3.63, 3.8) is 0 Å². The number of aryl methyl sites for hydroxylation is 1. The number of carbonyl (C=O) groups excluding carboxylic acids is 1. The highest BCUT2D eigenvalue weighted by Gasteiger charge is 2.18. The highest BCUT2D eigenvalue weighted by molar-refractivity contribution is 7.89. The smallest absolute Gasteiger partial charge is 0.243 e. The molecule has 18 heavy (non-hydrogen) atoms. The maximum Gasteiger partial charge on any atom is 0.243 e. The number of anilines is 1. The Balaban J connectivity index is 2.83. The zero-order valence-electron chi connectivity index (χ0n) is 10.4. The first-order chi connectivity index (χ1) is 8.36. The number of sulfonamides is 1. The summed E-state index contributed by atoms with van der Waals surface area (Å²) in [7, 11) is -3.76. The van der Waals surface area contributed by atoms with E-state index in [0.717, 1.165) is 5.56 Å². The molecule has 0 unspecified atom stereocenters. The second-order valence-corrected chi connectivity index (χ2v) is 5.55. The Kier molecular flexibility index (Phi) is 4.69. The summed E-state index contributed by atoms with van der Waals surface area (Å²) < 4.78 is 26.0. The van der Waals surface area contributed by atoms with Crippen LogP contribution in [0.25, 0.3) is 0 Å². The Morgan fingerprint density at radius 1 is 1.39 bits per heavy atom. The molecule has 1 aromatic rings. The molecule has 0 aliphatic rings. The Morgan fingerprint density at radius 2 is 2.06 bits per heavy atom. The number of amides is 1. The minimum absolute atomic E-state index is 0.0163. The third-order valence-corrected chi connectivity index (χ3v) is 3.73. The molecule has 0 spiro atoms. The fourth-order valence-electron chi connectivity index (χ4n) is 1.41. The number of hydrogen-bond donors (Lipinski definition) is 3. The van der Waals surface area contributed by atoms with Crippen LogP contribution in [0.2, 0.25) is 0 Å². The van der Waals surface area contributed by atoms with Crippen molar-refractivity contribution in [2.75, 3.05) is 18.8 Å². The zero-order valence-corrected chi connectivity index (χ0v) is 11.2. The molecule has 1 aromatic carbocycles. The van der Waals surface area contributed by atoms with Crippen molar-refractivity contribution in [3.05, 3.63) is 23.8 Å². The lowest BCUT2D eigenvalue weighted by Crippen LogP contribution is -2.36. The Bertz CT molecular complexity index is 540. The number of nitrogen functional groups attached to an aromatic ring is 1. The first kappa shape index (κ1) is 14.5. The molecule has 0 saturated heterocycles. The largest absolute Gasteiger partial charge is 0.398 e. The lowest BCUT2D eigenvalue weighted by atomic mass is 10.2. The first-order valence-corrected chi connectivity index (χ1v) is 6.97. The normalized spacial score (nSPS) is 11.2. The van der Waals surface area contributed by atoms with Crippen LogP contribution in [0.5, 0.6) is 0 Å². The molecule has 0 heterocycles. The number of rotatable bonds is 5. The minimum atomic E-state index is -3.76. The van der Waals surface area contributed by atoms with Gasteiger partial charge in [0.15, 0.2) is 0 Å². The predicted octanol–water partition coefficient (Wildman–Crippen LogP) is -0.00838. The van der Waals surface area contributed by atoms with E-state index in [0.29, 0.717) is 6.54 Å². The van der Waals surface area contributed by atoms with Crippen molar-refractivity contribution in [2.45, 2.75) is 18.7 Å². The standard InChI is InChI=1S/C11H17N3O3S/c1-3-13-11(15)7-14-18(16,17)10-5-4-8(2)6-9(10)12/h4-6,14H,3,7,12H2,1-2H3,(H,13,15). The fourth-order valence-corrected chi connectivity index (χ4v) is 2.50. The second kappa shape index (κ2) is 5.83. The molecule has 7 heteroatoms. The molecule has 4 N–H and O–H groups in total. The van der Waals surface area contributed by atoms with Crippen LogP contribution < -0.4 is 15.8 Å². The van der Waals surface area contributed by atoms with Gasteiger partial charge >= 0.3 is 0 Å². The summed E-state index contributed by atoms with van der Waals surface area (Å²) in [5.74, 6) is -0.383. The summed E-state index contributed by atoms with van der Waals surface area (Å²) in [5, 5.41) is 2.50. The lowest BCUT2D eigenvalue weighted by Gasteiger charge is -2.09. The van der Waals surface area contributed by atoms with Crippen molar-refractivity contribution >= 4 is 21.6 Å². The molecule has 6 nitrogen and oxygen atoms in total. The van der Waals surface area contributed by atoms with Crippen molar-refractivity contribution < 1.29 is 13.2 Å². The van der Waals surface area contributed by atoms with E-state index in [2.05, 4.69) is 10.0 Å². The number of hydrogen-bond acceptors (Lipinski definition) is 4. The van der Waals surface area contributed by atoms with Crippen molar-refractivity contribution in [1.29, 1.82) is 0 Å². The van der Waals surface area contributed by atoms with E-state index in [9.17, 15) is 13.2 Å². The third kappa shape index (κ3) is 3.71. The zero-order chi connectivity index (χ0) is 13.8. The summed E-state index contributed by atoms with van der Waals surface area (Å²) in [6.07, 6.45) is 0. The van der Waals surface area contributed by atoms with Gasteiger partial charge in [0, 0.05) is 6.54 Å². The number of carbonyl (C=O) groups is 1. The monoisotopic (exact) mass is 271 g/mol. The van der Waals surface area contributed by atoms with Crippen LogP contribution in [0.1, 0.15) is 12.5 Å². The van der Waals surface area contributed by atoms with Gasteiger partial charge in [0.25, 0.3) is 0 Å². The molecular weight excluding hydrogens is 254 g/mol. The minimum Gasteiger partial charge on any atom is -0.398 e. The summed E-state index contributed by atoms with van der Waals surface area (Å²) in [6.45, 7) is 3.72. The Morgan fingerprint density at radius 3 is 2.61 bits per heavy atom. The summed E-state index contributed by atoms with van der Waals surface area (Å²) >= 11 is 0. The van der Waals surface area contributed by atoms with Crippen LogP contribution >= 0.6 is 0 Å². The maximum atomic E-state index is 11.9.